The van der Waals surface area contributed by atoms with Crippen LogP contribution in [0.5, 0.6) is 0 Å². The van der Waals surface area contributed by atoms with Crippen molar-refractivity contribution >= 4 is 53.0 Å². The fraction of sp³-hybridized carbons (Fsp3) is 0.333. The van der Waals surface area contributed by atoms with E-state index in [1.807, 2.05) is 54.7 Å². The average Bonchev–Trinajstić information content (AvgIpc) is 2.75. The standard InChI is InChI=1S/C24H28Cl2N4S/c1-18(20-6-10-23(26)11-7-20)27-17-24(28-16-19-4-8-22(25)9-5-19)21-12-14-30(15-13-21)31-29(2)3/h4-11,17,21H,1,12-16H2,2-3H3. The van der Waals surface area contributed by atoms with Crippen molar-refractivity contribution in [2.75, 3.05) is 27.2 Å². The summed E-state index contributed by atoms with van der Waals surface area (Å²) in [6.45, 7) is 6.78. The number of nitrogens with zero attached hydrogens (tertiary/aromatic N) is 4. The Kier molecular flexibility index (Phi) is 9.17. The van der Waals surface area contributed by atoms with Gasteiger partial charge in [0.1, 0.15) is 0 Å². The van der Waals surface area contributed by atoms with Gasteiger partial charge in [0.05, 0.1) is 18.0 Å². The van der Waals surface area contributed by atoms with E-state index < -0.39 is 0 Å². The lowest BCUT2D eigenvalue weighted by atomic mass is 9.93. The van der Waals surface area contributed by atoms with Crippen molar-refractivity contribution in [1.82, 2.24) is 8.61 Å². The van der Waals surface area contributed by atoms with Crippen LogP contribution < -0.4 is 0 Å². The maximum atomic E-state index is 6.01. The third-order valence-electron chi connectivity index (χ3n) is 5.04. The summed E-state index contributed by atoms with van der Waals surface area (Å²) in [7, 11) is 4.15. The van der Waals surface area contributed by atoms with E-state index in [9.17, 15) is 0 Å². The molecule has 1 aliphatic heterocycles. The molecule has 164 valence electrons. The molecule has 0 unspecified atom stereocenters. The van der Waals surface area contributed by atoms with Crippen LogP contribution in [0, 0.1) is 5.92 Å². The maximum Gasteiger partial charge on any atom is 0.0643 e. The molecule has 0 atom stereocenters. The highest BCUT2D eigenvalue weighted by Gasteiger charge is 2.23. The van der Waals surface area contributed by atoms with Gasteiger partial charge in [0.15, 0.2) is 0 Å². The van der Waals surface area contributed by atoms with Crippen LogP contribution in [0.15, 0.2) is 65.1 Å². The molecule has 3 rings (SSSR count). The van der Waals surface area contributed by atoms with Gasteiger partial charge in [0, 0.05) is 47.4 Å². The van der Waals surface area contributed by atoms with Crippen LogP contribution in [0.4, 0.5) is 0 Å². The molecular formula is C24H28Cl2N4S. The Labute approximate surface area is 199 Å². The normalized spacial score (nSPS) is 16.4. The van der Waals surface area contributed by atoms with Crippen molar-refractivity contribution in [3.8, 4) is 0 Å². The first-order valence-corrected chi connectivity index (χ1v) is 11.8. The van der Waals surface area contributed by atoms with Crippen molar-refractivity contribution < 1.29 is 0 Å². The molecule has 0 amide bonds. The lowest BCUT2D eigenvalue weighted by molar-refractivity contribution is 0.335. The van der Waals surface area contributed by atoms with Crippen molar-refractivity contribution in [2.24, 2.45) is 15.9 Å². The van der Waals surface area contributed by atoms with Gasteiger partial charge in [0.2, 0.25) is 0 Å². The fourth-order valence-corrected chi connectivity index (χ4v) is 4.46. The molecule has 1 heterocycles. The van der Waals surface area contributed by atoms with Gasteiger partial charge in [-0.25, -0.2) is 8.61 Å². The van der Waals surface area contributed by atoms with Crippen LogP contribution in [0.3, 0.4) is 0 Å². The molecule has 0 N–H and O–H groups in total. The van der Waals surface area contributed by atoms with Gasteiger partial charge in [-0.15, -0.1) is 0 Å². The first kappa shape index (κ1) is 24.0. The Morgan fingerprint density at radius 1 is 1.06 bits per heavy atom. The van der Waals surface area contributed by atoms with Crippen molar-refractivity contribution in [3.05, 3.63) is 76.3 Å². The molecule has 0 spiro atoms. The molecule has 0 aliphatic carbocycles. The summed E-state index contributed by atoms with van der Waals surface area (Å²) in [4.78, 5) is 9.59. The first-order valence-electron chi connectivity index (χ1n) is 10.3. The minimum atomic E-state index is 0.382. The van der Waals surface area contributed by atoms with Gasteiger partial charge in [-0.1, -0.05) is 54.0 Å². The molecule has 1 saturated heterocycles. The summed E-state index contributed by atoms with van der Waals surface area (Å²) < 4.78 is 4.53. The number of hydrogen-bond donors (Lipinski definition) is 0. The highest BCUT2D eigenvalue weighted by Crippen LogP contribution is 2.25. The van der Waals surface area contributed by atoms with E-state index in [2.05, 4.69) is 34.3 Å². The zero-order chi connectivity index (χ0) is 22.2. The second-order valence-corrected chi connectivity index (χ2v) is 9.96. The second kappa shape index (κ2) is 11.8. The first-order chi connectivity index (χ1) is 14.9. The van der Waals surface area contributed by atoms with E-state index in [0.29, 0.717) is 23.2 Å². The van der Waals surface area contributed by atoms with Crippen molar-refractivity contribution in [3.63, 3.8) is 0 Å². The Balaban J connectivity index is 1.73. The second-order valence-electron chi connectivity index (χ2n) is 7.68. The Morgan fingerprint density at radius 3 is 2.23 bits per heavy atom. The lowest BCUT2D eigenvalue weighted by Gasteiger charge is -2.32. The molecule has 7 heteroatoms. The summed E-state index contributed by atoms with van der Waals surface area (Å²) in [5, 5.41) is 1.44. The predicted molar refractivity (Wildman–Crippen MR) is 137 cm³/mol. The highest BCUT2D eigenvalue weighted by atomic mass is 35.5. The van der Waals surface area contributed by atoms with Crippen LogP contribution in [0.1, 0.15) is 24.0 Å². The third kappa shape index (κ3) is 7.78. The monoisotopic (exact) mass is 474 g/mol. The molecule has 31 heavy (non-hydrogen) atoms. The Morgan fingerprint density at radius 2 is 1.65 bits per heavy atom. The van der Waals surface area contributed by atoms with Crippen molar-refractivity contribution in [2.45, 2.75) is 19.4 Å². The molecule has 1 aliphatic rings. The van der Waals surface area contributed by atoms with E-state index >= 15 is 0 Å². The van der Waals surface area contributed by atoms with E-state index in [0.717, 1.165) is 47.8 Å². The van der Waals surface area contributed by atoms with Gasteiger partial charge in [0.25, 0.3) is 0 Å². The third-order valence-corrected chi connectivity index (χ3v) is 6.47. The molecule has 2 aromatic carbocycles. The predicted octanol–water partition coefficient (Wildman–Crippen LogP) is 6.51. The minimum Gasteiger partial charge on any atom is -0.283 e. The van der Waals surface area contributed by atoms with Gasteiger partial charge in [-0.05, 0) is 62.3 Å². The largest absolute Gasteiger partial charge is 0.283 e. The average molecular weight is 475 g/mol. The van der Waals surface area contributed by atoms with Gasteiger partial charge in [-0.2, -0.15) is 0 Å². The van der Waals surface area contributed by atoms with Crippen LogP contribution >= 0.6 is 35.3 Å². The quantitative estimate of drug-likeness (QED) is 0.322. The smallest absolute Gasteiger partial charge is 0.0643 e. The maximum absolute atomic E-state index is 6.01. The summed E-state index contributed by atoms with van der Waals surface area (Å²) in [6.07, 6.45) is 4.01. The number of halogens is 2. The topological polar surface area (TPSA) is 31.2 Å². The fourth-order valence-electron chi connectivity index (χ4n) is 3.37. The summed E-state index contributed by atoms with van der Waals surface area (Å²) in [6, 6.07) is 15.4. The zero-order valence-corrected chi connectivity index (χ0v) is 20.3. The molecule has 0 radical (unpaired) electrons. The zero-order valence-electron chi connectivity index (χ0n) is 18.0. The molecule has 0 aromatic heterocycles. The number of benzene rings is 2. The van der Waals surface area contributed by atoms with Crippen LogP contribution in [-0.4, -0.2) is 47.7 Å². The van der Waals surface area contributed by atoms with E-state index in [4.69, 9.17) is 28.2 Å². The van der Waals surface area contributed by atoms with Crippen LogP contribution in [-0.2, 0) is 6.54 Å². The molecule has 0 bridgehead atoms. The van der Waals surface area contributed by atoms with E-state index in [1.165, 1.54) is 0 Å². The number of hydrogen-bond acceptors (Lipinski definition) is 5. The van der Waals surface area contributed by atoms with Gasteiger partial charge >= 0.3 is 0 Å². The van der Waals surface area contributed by atoms with Crippen molar-refractivity contribution in [1.29, 1.82) is 0 Å². The van der Waals surface area contributed by atoms with Gasteiger partial charge < -0.3 is 0 Å². The molecular weight excluding hydrogens is 447 g/mol. The molecule has 4 nitrogen and oxygen atoms in total. The van der Waals surface area contributed by atoms with E-state index in [-0.39, 0.29) is 0 Å². The molecule has 0 saturated carbocycles. The molecule has 2 aromatic rings. The summed E-state index contributed by atoms with van der Waals surface area (Å²) in [5.41, 5.74) is 3.82. The molecule has 1 fully saturated rings. The SMILES string of the molecule is C=C(N=CC(=NCc1ccc(Cl)cc1)C1CCN(SN(C)C)CC1)c1ccc(Cl)cc1. The lowest BCUT2D eigenvalue weighted by Crippen LogP contribution is -2.34. The summed E-state index contributed by atoms with van der Waals surface area (Å²) in [5.74, 6) is 0.382. The van der Waals surface area contributed by atoms with Crippen LogP contribution in [0.25, 0.3) is 5.70 Å². The number of aliphatic imine (C=N–C) groups is 2. The number of rotatable bonds is 8. The van der Waals surface area contributed by atoms with Crippen LogP contribution in [0.2, 0.25) is 10.0 Å². The Hall–Kier alpha value is -1.63. The van der Waals surface area contributed by atoms with Gasteiger partial charge in [-0.3, -0.25) is 9.98 Å². The minimum absolute atomic E-state index is 0.382. The highest BCUT2D eigenvalue weighted by molar-refractivity contribution is 7.94. The Bertz CT molecular complexity index is 916. The summed E-state index contributed by atoms with van der Waals surface area (Å²) >= 11 is 13.8. The number of piperidine rings is 1. The van der Waals surface area contributed by atoms with E-state index in [1.54, 1.807) is 12.1 Å².